The first-order chi connectivity index (χ1) is 17.7. The highest BCUT2D eigenvalue weighted by Gasteiger charge is 2.21. The van der Waals surface area contributed by atoms with Crippen LogP contribution in [0.15, 0.2) is 36.5 Å². The highest BCUT2D eigenvalue weighted by Crippen LogP contribution is 2.41. The number of anilines is 2. The number of rotatable bonds is 9. The van der Waals surface area contributed by atoms with E-state index in [9.17, 15) is 0 Å². The van der Waals surface area contributed by atoms with Crippen molar-refractivity contribution in [2.75, 3.05) is 66.1 Å². The summed E-state index contributed by atoms with van der Waals surface area (Å²) in [4.78, 5) is 11.7. The van der Waals surface area contributed by atoms with Crippen LogP contribution < -0.4 is 24.3 Å². The van der Waals surface area contributed by atoms with Gasteiger partial charge in [0.25, 0.3) is 0 Å². The highest BCUT2D eigenvalue weighted by atomic mass is 16.5. The van der Waals surface area contributed by atoms with Gasteiger partial charge in [0.1, 0.15) is 12.4 Å². The lowest BCUT2D eigenvalue weighted by Crippen LogP contribution is -2.38. The Hall–Kier alpha value is -3.56. The monoisotopic (exact) mass is 492 g/mol. The van der Waals surface area contributed by atoms with Crippen LogP contribution >= 0.6 is 0 Å². The molecule has 9 heteroatoms. The van der Waals surface area contributed by atoms with Gasteiger partial charge in [0, 0.05) is 49.2 Å². The summed E-state index contributed by atoms with van der Waals surface area (Å²) in [6, 6.07) is 9.88. The molecule has 9 nitrogen and oxygen atoms in total. The first-order valence-corrected chi connectivity index (χ1v) is 12.2. The van der Waals surface area contributed by atoms with Gasteiger partial charge in [-0.05, 0) is 36.1 Å². The van der Waals surface area contributed by atoms with Crippen LogP contribution in [0.3, 0.4) is 0 Å². The number of ether oxygens (including phenoxy) is 5. The Bertz CT molecular complexity index is 1190. The van der Waals surface area contributed by atoms with Crippen LogP contribution in [0, 0.1) is 0 Å². The van der Waals surface area contributed by atoms with Gasteiger partial charge in [-0.2, -0.15) is 0 Å². The van der Waals surface area contributed by atoms with E-state index in [2.05, 4.69) is 21.3 Å². The third kappa shape index (κ3) is 5.17. The zero-order chi connectivity index (χ0) is 24.9. The Morgan fingerprint density at radius 3 is 2.42 bits per heavy atom. The van der Waals surface area contributed by atoms with Crippen LogP contribution in [0.1, 0.15) is 11.1 Å². The summed E-state index contributed by atoms with van der Waals surface area (Å²) in [5.74, 6) is 3.04. The van der Waals surface area contributed by atoms with Gasteiger partial charge in [0.15, 0.2) is 11.5 Å². The molecular weight excluding hydrogens is 460 g/mol. The molecule has 0 bridgehead atoms. The van der Waals surface area contributed by atoms with Gasteiger partial charge in [-0.3, -0.25) is 4.90 Å². The average molecular weight is 493 g/mol. The number of methoxy groups -OCH3 is 3. The minimum atomic E-state index is 0.495. The van der Waals surface area contributed by atoms with Crippen molar-refractivity contribution in [1.29, 1.82) is 0 Å². The van der Waals surface area contributed by atoms with Crippen molar-refractivity contribution in [1.82, 2.24) is 14.9 Å². The summed E-state index contributed by atoms with van der Waals surface area (Å²) < 4.78 is 28.2. The molecule has 0 radical (unpaired) electrons. The van der Waals surface area contributed by atoms with E-state index in [4.69, 9.17) is 28.7 Å². The summed E-state index contributed by atoms with van der Waals surface area (Å²) in [5.41, 5.74) is 5.14. The van der Waals surface area contributed by atoms with Crippen molar-refractivity contribution in [2.45, 2.75) is 12.8 Å². The molecule has 1 aliphatic carbocycles. The average Bonchev–Trinajstić information content (AvgIpc) is 2.93. The maximum absolute atomic E-state index is 6.09. The second-order valence-corrected chi connectivity index (χ2v) is 8.73. The van der Waals surface area contributed by atoms with Crippen LogP contribution in [0.4, 0.5) is 11.6 Å². The fourth-order valence-corrected chi connectivity index (χ4v) is 4.60. The Kier molecular flexibility index (Phi) is 7.39. The number of nitrogens with one attached hydrogen (secondary N) is 1. The molecule has 0 spiro atoms. The van der Waals surface area contributed by atoms with Crippen molar-refractivity contribution in [3.63, 3.8) is 0 Å². The number of morpholine rings is 1. The van der Waals surface area contributed by atoms with E-state index in [1.807, 2.05) is 30.5 Å². The molecule has 1 aromatic heterocycles. The van der Waals surface area contributed by atoms with Crippen LogP contribution in [0.5, 0.6) is 23.0 Å². The standard InChI is InChI=1S/C27H32N4O5/c1-32-21-7-6-18-4-5-19-17-28-27(30-25(19)22(18)16-21)29-20-14-23(33-2)26(24(15-20)34-3)36-13-10-31-8-11-35-12-9-31/h6-7,14-17H,4-5,8-13H2,1-3H3,(H,28,29,30). The molecule has 0 amide bonds. The van der Waals surface area contributed by atoms with E-state index in [1.54, 1.807) is 21.3 Å². The molecule has 0 saturated carbocycles. The number of benzene rings is 2. The van der Waals surface area contributed by atoms with Gasteiger partial charge in [-0.15, -0.1) is 0 Å². The van der Waals surface area contributed by atoms with Crippen molar-refractivity contribution in [3.05, 3.63) is 47.7 Å². The summed E-state index contributed by atoms with van der Waals surface area (Å²) >= 11 is 0. The van der Waals surface area contributed by atoms with Gasteiger partial charge < -0.3 is 29.0 Å². The number of fused-ring (bicyclic) bond motifs is 3. The number of aromatic nitrogens is 2. The third-order valence-electron chi connectivity index (χ3n) is 6.57. The Labute approximate surface area is 211 Å². The molecular formula is C27H32N4O5. The van der Waals surface area contributed by atoms with Gasteiger partial charge in [-0.25, -0.2) is 9.97 Å². The molecule has 0 unspecified atom stereocenters. The van der Waals surface area contributed by atoms with Crippen molar-refractivity contribution >= 4 is 11.6 Å². The van der Waals surface area contributed by atoms with Gasteiger partial charge in [0.05, 0.1) is 40.2 Å². The summed E-state index contributed by atoms with van der Waals surface area (Å²) in [5, 5.41) is 3.31. The van der Waals surface area contributed by atoms with Gasteiger partial charge in [0.2, 0.25) is 11.7 Å². The Balaban J connectivity index is 1.36. The molecule has 1 N–H and O–H groups in total. The van der Waals surface area contributed by atoms with Crippen LogP contribution in [0.25, 0.3) is 11.3 Å². The van der Waals surface area contributed by atoms with E-state index in [0.29, 0.717) is 29.8 Å². The number of nitrogens with zero attached hydrogens (tertiary/aromatic N) is 3. The van der Waals surface area contributed by atoms with E-state index in [0.717, 1.165) is 73.9 Å². The molecule has 190 valence electrons. The maximum Gasteiger partial charge on any atom is 0.227 e. The van der Waals surface area contributed by atoms with E-state index in [1.165, 1.54) is 5.56 Å². The van der Waals surface area contributed by atoms with Crippen LogP contribution in [-0.2, 0) is 17.6 Å². The molecule has 2 aromatic carbocycles. The number of hydrogen-bond donors (Lipinski definition) is 1. The van der Waals surface area contributed by atoms with Crippen molar-refractivity contribution < 1.29 is 23.7 Å². The SMILES string of the molecule is COc1ccc2c(c1)-c1nc(Nc3cc(OC)c(OCCN4CCOCC4)c(OC)c3)ncc1CC2. The molecule has 0 atom stereocenters. The first-order valence-electron chi connectivity index (χ1n) is 12.2. The Morgan fingerprint density at radius 1 is 0.944 bits per heavy atom. The fraction of sp³-hybridized carbons (Fsp3) is 0.407. The minimum Gasteiger partial charge on any atom is -0.497 e. The lowest BCUT2D eigenvalue weighted by Gasteiger charge is -2.26. The Morgan fingerprint density at radius 2 is 1.69 bits per heavy atom. The van der Waals surface area contributed by atoms with Crippen molar-refractivity contribution in [2.24, 2.45) is 0 Å². The lowest BCUT2D eigenvalue weighted by atomic mass is 9.90. The zero-order valence-electron chi connectivity index (χ0n) is 21.0. The summed E-state index contributed by atoms with van der Waals surface area (Å²) in [6.07, 6.45) is 3.77. The van der Waals surface area contributed by atoms with Crippen LogP contribution in [-0.4, -0.2) is 75.7 Å². The molecule has 3 aromatic rings. The largest absolute Gasteiger partial charge is 0.497 e. The minimum absolute atomic E-state index is 0.495. The third-order valence-corrected chi connectivity index (χ3v) is 6.57. The molecule has 2 heterocycles. The first kappa shape index (κ1) is 24.1. The summed E-state index contributed by atoms with van der Waals surface area (Å²) in [6.45, 7) is 4.69. The molecule has 5 rings (SSSR count). The van der Waals surface area contributed by atoms with E-state index < -0.39 is 0 Å². The fourth-order valence-electron chi connectivity index (χ4n) is 4.60. The normalized spacial score (nSPS) is 15.0. The number of aryl methyl sites for hydroxylation is 2. The molecule has 1 aliphatic heterocycles. The zero-order valence-corrected chi connectivity index (χ0v) is 21.0. The van der Waals surface area contributed by atoms with E-state index in [-0.39, 0.29) is 0 Å². The second-order valence-electron chi connectivity index (χ2n) is 8.73. The molecule has 36 heavy (non-hydrogen) atoms. The van der Waals surface area contributed by atoms with Crippen molar-refractivity contribution in [3.8, 4) is 34.3 Å². The van der Waals surface area contributed by atoms with Gasteiger partial charge in [-0.1, -0.05) is 6.07 Å². The topological polar surface area (TPSA) is 87.2 Å². The van der Waals surface area contributed by atoms with Gasteiger partial charge >= 0.3 is 0 Å². The highest BCUT2D eigenvalue weighted by molar-refractivity contribution is 5.73. The predicted molar refractivity (Wildman–Crippen MR) is 137 cm³/mol. The lowest BCUT2D eigenvalue weighted by molar-refractivity contribution is 0.0319. The van der Waals surface area contributed by atoms with E-state index >= 15 is 0 Å². The molecule has 2 aliphatic rings. The van der Waals surface area contributed by atoms with Crippen LogP contribution in [0.2, 0.25) is 0 Å². The smallest absolute Gasteiger partial charge is 0.227 e. The maximum atomic E-state index is 6.09. The second kappa shape index (κ2) is 11.0. The summed E-state index contributed by atoms with van der Waals surface area (Å²) in [7, 11) is 4.91. The predicted octanol–water partition coefficient (Wildman–Crippen LogP) is 3.72. The molecule has 1 saturated heterocycles. The quantitative estimate of drug-likeness (QED) is 0.480. The molecule has 1 fully saturated rings. The number of hydrogen-bond acceptors (Lipinski definition) is 9.